The van der Waals surface area contributed by atoms with Crippen LogP contribution in [0.1, 0.15) is 11.3 Å². The van der Waals surface area contributed by atoms with Crippen LogP contribution in [0.25, 0.3) is 10.9 Å². The fourth-order valence-corrected chi connectivity index (χ4v) is 2.99. The van der Waals surface area contributed by atoms with Crippen LogP contribution in [0.15, 0.2) is 35.3 Å². The second-order valence-electron chi connectivity index (χ2n) is 4.76. The summed E-state index contributed by atoms with van der Waals surface area (Å²) in [6, 6.07) is 5.63. The van der Waals surface area contributed by atoms with Crippen molar-refractivity contribution in [3.05, 3.63) is 51.6 Å². The minimum Gasteiger partial charge on any atom is -0.361 e. The zero-order valence-electron chi connectivity index (χ0n) is 11.2. The first-order valence-corrected chi connectivity index (χ1v) is 7.94. The van der Waals surface area contributed by atoms with Crippen LogP contribution in [0, 0.1) is 0 Å². The van der Waals surface area contributed by atoms with Gasteiger partial charge in [-0.25, -0.2) is 4.98 Å². The summed E-state index contributed by atoms with van der Waals surface area (Å²) in [7, 11) is 0. The van der Waals surface area contributed by atoms with Gasteiger partial charge in [0, 0.05) is 40.5 Å². The van der Waals surface area contributed by atoms with Gasteiger partial charge in [0.1, 0.15) is 0 Å². The molecule has 2 aromatic heterocycles. The number of fused-ring (bicyclic) bond motifs is 1. The summed E-state index contributed by atoms with van der Waals surface area (Å²) in [5, 5.41) is 6.58. The Balaban J connectivity index is 1.59. The molecule has 0 spiro atoms. The van der Waals surface area contributed by atoms with Crippen molar-refractivity contribution in [1.82, 2.24) is 15.3 Å². The van der Waals surface area contributed by atoms with E-state index >= 15 is 0 Å². The van der Waals surface area contributed by atoms with Crippen LogP contribution in [0.3, 0.4) is 0 Å². The number of thiazole rings is 1. The van der Waals surface area contributed by atoms with Gasteiger partial charge in [0.05, 0.1) is 17.6 Å². The molecule has 0 unspecified atom stereocenters. The highest BCUT2D eigenvalue weighted by atomic mass is 35.5. The molecule has 0 aliphatic heterocycles. The number of hydrogen-bond acceptors (Lipinski definition) is 3. The molecule has 0 atom stereocenters. The summed E-state index contributed by atoms with van der Waals surface area (Å²) in [6.45, 7) is 0.603. The second kappa shape index (κ2) is 6.28. The number of nitrogens with zero attached hydrogens (tertiary/aromatic N) is 1. The third-order valence-electron chi connectivity index (χ3n) is 3.27. The van der Waals surface area contributed by atoms with Crippen LogP contribution in [-0.2, 0) is 17.6 Å². The molecule has 0 aliphatic rings. The number of H-pyrrole nitrogens is 1. The Morgan fingerprint density at radius 2 is 2.33 bits per heavy atom. The van der Waals surface area contributed by atoms with Gasteiger partial charge in [-0.15, -0.1) is 11.3 Å². The number of nitrogens with one attached hydrogen (secondary N) is 2. The Morgan fingerprint density at radius 1 is 1.43 bits per heavy atom. The molecule has 2 N–H and O–H groups in total. The molecule has 1 amide bonds. The predicted octanol–water partition coefficient (Wildman–Crippen LogP) is 3.18. The topological polar surface area (TPSA) is 57.8 Å². The molecule has 0 saturated heterocycles. The highest BCUT2D eigenvalue weighted by Crippen LogP contribution is 2.22. The Kier molecular flexibility index (Phi) is 4.22. The number of amides is 1. The molecule has 3 rings (SSSR count). The van der Waals surface area contributed by atoms with E-state index in [0.717, 1.165) is 28.6 Å². The quantitative estimate of drug-likeness (QED) is 0.759. The Labute approximate surface area is 131 Å². The maximum atomic E-state index is 12.0. The molecule has 108 valence electrons. The lowest BCUT2D eigenvalue weighted by atomic mass is 10.1. The maximum Gasteiger partial charge on any atom is 0.224 e. The van der Waals surface area contributed by atoms with E-state index < -0.39 is 0 Å². The van der Waals surface area contributed by atoms with Crippen LogP contribution < -0.4 is 5.32 Å². The average Bonchev–Trinajstić information content (AvgIpc) is 3.09. The summed E-state index contributed by atoms with van der Waals surface area (Å²) < 4.78 is 0. The number of aromatic nitrogens is 2. The number of carbonyl (C=O) groups is 1. The highest BCUT2D eigenvalue weighted by molar-refractivity contribution is 7.07. The van der Waals surface area contributed by atoms with Crippen LogP contribution >= 0.6 is 22.9 Å². The zero-order valence-corrected chi connectivity index (χ0v) is 12.8. The van der Waals surface area contributed by atoms with Crippen LogP contribution in [0.5, 0.6) is 0 Å². The van der Waals surface area contributed by atoms with Gasteiger partial charge in [-0.2, -0.15) is 0 Å². The van der Waals surface area contributed by atoms with Crippen molar-refractivity contribution in [2.75, 3.05) is 6.54 Å². The maximum absolute atomic E-state index is 12.0. The van der Waals surface area contributed by atoms with Crippen LogP contribution in [0.4, 0.5) is 0 Å². The van der Waals surface area contributed by atoms with Gasteiger partial charge in [0.25, 0.3) is 0 Å². The SMILES string of the molecule is O=C(Cc1c[nH]c2ccc(Cl)cc12)NCCc1cscn1. The van der Waals surface area contributed by atoms with Crippen molar-refractivity contribution in [2.45, 2.75) is 12.8 Å². The number of hydrogen-bond donors (Lipinski definition) is 2. The first kappa shape index (κ1) is 14.1. The van der Waals surface area contributed by atoms with Crippen molar-refractivity contribution in [3.63, 3.8) is 0 Å². The van der Waals surface area contributed by atoms with Gasteiger partial charge in [-0.1, -0.05) is 11.6 Å². The van der Waals surface area contributed by atoms with Crippen molar-refractivity contribution in [3.8, 4) is 0 Å². The summed E-state index contributed by atoms with van der Waals surface area (Å²) >= 11 is 7.57. The summed E-state index contributed by atoms with van der Waals surface area (Å²) in [4.78, 5) is 19.3. The number of rotatable bonds is 5. The molecule has 4 nitrogen and oxygen atoms in total. The third kappa shape index (κ3) is 3.43. The van der Waals surface area contributed by atoms with Gasteiger partial charge >= 0.3 is 0 Å². The van der Waals surface area contributed by atoms with Crippen LogP contribution in [-0.4, -0.2) is 22.4 Å². The Morgan fingerprint density at radius 3 is 3.14 bits per heavy atom. The lowest BCUT2D eigenvalue weighted by Gasteiger charge is -2.03. The number of halogens is 1. The molecule has 0 aliphatic carbocycles. The minimum absolute atomic E-state index is 0.00565. The smallest absolute Gasteiger partial charge is 0.224 e. The van der Waals surface area contributed by atoms with E-state index in [1.165, 1.54) is 0 Å². The molecule has 0 bridgehead atoms. The van der Waals surface area contributed by atoms with E-state index in [9.17, 15) is 4.79 Å². The monoisotopic (exact) mass is 319 g/mol. The molecule has 2 heterocycles. The van der Waals surface area contributed by atoms with E-state index in [2.05, 4.69) is 15.3 Å². The summed E-state index contributed by atoms with van der Waals surface area (Å²) in [6.07, 6.45) is 2.97. The van der Waals surface area contributed by atoms with Gasteiger partial charge < -0.3 is 10.3 Å². The highest BCUT2D eigenvalue weighted by Gasteiger charge is 2.09. The molecule has 0 radical (unpaired) electrons. The number of aromatic amines is 1. The van der Waals surface area contributed by atoms with E-state index in [0.29, 0.717) is 18.0 Å². The predicted molar refractivity (Wildman–Crippen MR) is 85.8 cm³/mol. The molecular formula is C15H14ClN3OS. The Bertz CT molecular complexity index is 751. The van der Waals surface area contributed by atoms with Crippen molar-refractivity contribution < 1.29 is 4.79 Å². The first-order valence-electron chi connectivity index (χ1n) is 6.61. The fourth-order valence-electron chi connectivity index (χ4n) is 2.22. The van der Waals surface area contributed by atoms with Crippen molar-refractivity contribution in [1.29, 1.82) is 0 Å². The fraction of sp³-hybridized carbons (Fsp3) is 0.200. The largest absolute Gasteiger partial charge is 0.361 e. The average molecular weight is 320 g/mol. The third-order valence-corrected chi connectivity index (χ3v) is 4.14. The zero-order chi connectivity index (χ0) is 14.7. The standard InChI is InChI=1S/C15H14ClN3OS/c16-11-1-2-14-13(6-11)10(7-18-14)5-15(20)17-4-3-12-8-21-9-19-12/h1-2,6-9,18H,3-5H2,(H,17,20). The number of benzene rings is 1. The van der Waals surface area contributed by atoms with Crippen molar-refractivity contribution in [2.24, 2.45) is 0 Å². The molecule has 1 aromatic carbocycles. The van der Waals surface area contributed by atoms with Gasteiger partial charge in [0.2, 0.25) is 5.91 Å². The summed E-state index contributed by atoms with van der Waals surface area (Å²) in [5.74, 6) is 0.00565. The molecule has 0 saturated carbocycles. The normalized spacial score (nSPS) is 10.9. The second-order valence-corrected chi connectivity index (χ2v) is 5.92. The molecule has 6 heteroatoms. The van der Waals surface area contributed by atoms with E-state index in [4.69, 9.17) is 11.6 Å². The van der Waals surface area contributed by atoms with Gasteiger partial charge in [0.15, 0.2) is 0 Å². The molecular weight excluding hydrogens is 306 g/mol. The van der Waals surface area contributed by atoms with Gasteiger partial charge in [-0.05, 0) is 23.8 Å². The van der Waals surface area contributed by atoms with E-state index in [1.54, 1.807) is 16.8 Å². The van der Waals surface area contributed by atoms with E-state index in [-0.39, 0.29) is 5.91 Å². The van der Waals surface area contributed by atoms with Crippen LogP contribution in [0.2, 0.25) is 5.02 Å². The van der Waals surface area contributed by atoms with E-state index in [1.807, 2.05) is 29.8 Å². The molecule has 0 fully saturated rings. The minimum atomic E-state index is 0.00565. The first-order chi connectivity index (χ1) is 10.2. The molecule has 21 heavy (non-hydrogen) atoms. The lowest BCUT2D eigenvalue weighted by molar-refractivity contribution is -0.120. The van der Waals surface area contributed by atoms with Crippen molar-refractivity contribution >= 4 is 39.7 Å². The summed E-state index contributed by atoms with van der Waals surface area (Å²) in [5.41, 5.74) is 4.76. The lowest BCUT2D eigenvalue weighted by Crippen LogP contribution is -2.27. The van der Waals surface area contributed by atoms with Gasteiger partial charge in [-0.3, -0.25) is 4.79 Å². The Hall–Kier alpha value is -1.85. The molecule has 3 aromatic rings. The number of carbonyl (C=O) groups excluding carboxylic acids is 1.